The van der Waals surface area contributed by atoms with Gasteiger partial charge >= 0.3 is 0 Å². The van der Waals surface area contributed by atoms with E-state index in [1.54, 1.807) is 16.3 Å². The number of thioether (sulfide) groups is 1. The topological polar surface area (TPSA) is 44.7 Å². The molecule has 2 atom stereocenters. The molecule has 2 aliphatic heterocycles. The minimum absolute atomic E-state index is 0. The summed E-state index contributed by atoms with van der Waals surface area (Å²) in [6, 6.07) is 5.15. The summed E-state index contributed by atoms with van der Waals surface area (Å²) in [5.41, 5.74) is 1.20. The van der Waals surface area contributed by atoms with Crippen molar-refractivity contribution in [3.8, 4) is 0 Å². The Morgan fingerprint density at radius 1 is 1.23 bits per heavy atom. The van der Waals surface area contributed by atoms with E-state index < -0.39 is 16.5 Å². The van der Waals surface area contributed by atoms with Crippen molar-refractivity contribution in [2.24, 2.45) is 5.10 Å². The Kier molecular flexibility index (Phi) is 6.01. The van der Waals surface area contributed by atoms with Gasteiger partial charge in [-0.25, -0.2) is 13.8 Å². The summed E-state index contributed by atoms with van der Waals surface area (Å²) in [4.78, 5) is 14.1. The van der Waals surface area contributed by atoms with E-state index in [0.29, 0.717) is 5.04 Å². The number of thiophene rings is 1. The van der Waals surface area contributed by atoms with E-state index in [1.807, 2.05) is 5.38 Å². The standard InChI is InChI=1S/C21H21F2N3OS2.CH4/c22-13-6-7-16(23)14(12-13)19-25-26(20(27)17-4-1-2-10-24-17)21(29-19)9-3-5-18-15(21)8-11-28-18;/h6-8,11-12,17,24H,1-5,9-10H2;1H4/t17-,21?;/m0./s1. The first-order chi connectivity index (χ1) is 14.1. The third kappa shape index (κ3) is 3.48. The number of amides is 1. The van der Waals surface area contributed by atoms with Crippen LogP contribution in [0.1, 0.15) is 55.5 Å². The maximum atomic E-state index is 14.5. The number of benzene rings is 1. The van der Waals surface area contributed by atoms with Crippen LogP contribution in [0.5, 0.6) is 0 Å². The van der Waals surface area contributed by atoms with Crippen LogP contribution in [0.25, 0.3) is 0 Å². The van der Waals surface area contributed by atoms with Crippen LogP contribution in [0.15, 0.2) is 34.7 Å². The number of halogens is 2. The van der Waals surface area contributed by atoms with E-state index in [9.17, 15) is 13.6 Å². The molecule has 8 heteroatoms. The van der Waals surface area contributed by atoms with Crippen LogP contribution in [0, 0.1) is 11.6 Å². The minimum atomic E-state index is -0.683. The second-order valence-corrected chi connectivity index (χ2v) is 9.95. The molecule has 1 N–H and O–H groups in total. The number of nitrogens with zero attached hydrogens (tertiary/aromatic N) is 2. The van der Waals surface area contributed by atoms with E-state index >= 15 is 0 Å². The zero-order valence-electron chi connectivity index (χ0n) is 15.8. The highest BCUT2D eigenvalue weighted by molar-refractivity contribution is 8.15. The summed E-state index contributed by atoms with van der Waals surface area (Å²) in [6.45, 7) is 0.809. The Morgan fingerprint density at radius 3 is 2.90 bits per heavy atom. The minimum Gasteiger partial charge on any atom is -0.306 e. The molecule has 160 valence electrons. The Bertz CT molecular complexity index is 987. The first-order valence-corrected chi connectivity index (χ1v) is 11.7. The monoisotopic (exact) mass is 449 g/mol. The van der Waals surface area contributed by atoms with E-state index in [2.05, 4.69) is 16.5 Å². The number of aryl methyl sites for hydroxylation is 1. The van der Waals surface area contributed by atoms with Gasteiger partial charge in [0.15, 0.2) is 0 Å². The molecule has 4 nitrogen and oxygen atoms in total. The van der Waals surface area contributed by atoms with Crippen molar-refractivity contribution >= 4 is 34.0 Å². The van der Waals surface area contributed by atoms with Gasteiger partial charge < -0.3 is 5.32 Å². The lowest BCUT2D eigenvalue weighted by Gasteiger charge is -2.40. The Morgan fingerprint density at radius 2 is 2.10 bits per heavy atom. The van der Waals surface area contributed by atoms with Gasteiger partial charge in [-0.15, -0.1) is 11.3 Å². The second kappa shape index (κ2) is 8.40. The molecule has 0 bridgehead atoms. The van der Waals surface area contributed by atoms with Crippen LogP contribution in [-0.2, 0) is 16.1 Å². The molecule has 3 aliphatic rings. The summed E-state index contributed by atoms with van der Waals surface area (Å²) in [5.74, 6) is -1.13. The summed E-state index contributed by atoms with van der Waals surface area (Å²) >= 11 is 3.07. The van der Waals surface area contributed by atoms with Gasteiger partial charge in [-0.3, -0.25) is 4.79 Å². The van der Waals surface area contributed by atoms with Gasteiger partial charge in [0.05, 0.1) is 6.04 Å². The summed E-state index contributed by atoms with van der Waals surface area (Å²) in [5, 5.41) is 11.9. The van der Waals surface area contributed by atoms with Crippen LogP contribution in [0.2, 0.25) is 0 Å². The van der Waals surface area contributed by atoms with E-state index in [0.717, 1.165) is 62.8 Å². The molecule has 1 aromatic carbocycles. The summed E-state index contributed by atoms with van der Waals surface area (Å²) < 4.78 is 28.4. The van der Waals surface area contributed by atoms with Crippen LogP contribution in [-0.4, -0.2) is 28.5 Å². The highest BCUT2D eigenvalue weighted by Gasteiger charge is 2.52. The lowest BCUT2D eigenvalue weighted by Crippen LogP contribution is -2.52. The van der Waals surface area contributed by atoms with Gasteiger partial charge in [0.25, 0.3) is 5.91 Å². The van der Waals surface area contributed by atoms with E-state index in [1.165, 1.54) is 22.7 Å². The van der Waals surface area contributed by atoms with Crippen molar-refractivity contribution in [3.05, 3.63) is 57.3 Å². The number of hydrazone groups is 1. The molecule has 1 saturated heterocycles. The summed E-state index contributed by atoms with van der Waals surface area (Å²) in [7, 11) is 0. The van der Waals surface area contributed by atoms with Gasteiger partial charge in [-0.05, 0) is 68.3 Å². The van der Waals surface area contributed by atoms with Crippen LogP contribution in [0.3, 0.4) is 0 Å². The molecule has 1 amide bonds. The number of hydrogen-bond acceptors (Lipinski definition) is 5. The molecule has 30 heavy (non-hydrogen) atoms. The molecule has 0 radical (unpaired) electrons. The number of nitrogens with one attached hydrogen (secondary N) is 1. The van der Waals surface area contributed by atoms with E-state index in [-0.39, 0.29) is 24.9 Å². The molecule has 5 rings (SSSR count). The zero-order valence-corrected chi connectivity index (χ0v) is 17.4. The number of piperidine rings is 1. The third-order valence-electron chi connectivity index (χ3n) is 5.86. The Labute approximate surface area is 183 Å². The average Bonchev–Trinajstić information content (AvgIpc) is 3.36. The first-order valence-electron chi connectivity index (χ1n) is 9.96. The Balaban J connectivity index is 0.00000218. The fourth-order valence-electron chi connectivity index (χ4n) is 4.43. The average molecular weight is 450 g/mol. The predicted molar refractivity (Wildman–Crippen MR) is 119 cm³/mol. The van der Waals surface area contributed by atoms with Gasteiger partial charge in [-0.2, -0.15) is 5.10 Å². The zero-order chi connectivity index (χ0) is 20.0. The molecule has 3 heterocycles. The molecule has 1 fully saturated rings. The van der Waals surface area contributed by atoms with Crippen molar-refractivity contribution in [1.29, 1.82) is 0 Å². The highest BCUT2D eigenvalue weighted by Crippen LogP contribution is 2.55. The molecule has 1 spiro atoms. The van der Waals surface area contributed by atoms with E-state index in [4.69, 9.17) is 0 Å². The van der Waals surface area contributed by atoms with Crippen molar-refractivity contribution < 1.29 is 13.6 Å². The predicted octanol–water partition coefficient (Wildman–Crippen LogP) is 5.23. The first kappa shape index (κ1) is 21.5. The fraction of sp³-hybridized carbons (Fsp3) is 0.455. The van der Waals surface area contributed by atoms with Gasteiger partial charge in [-0.1, -0.05) is 25.6 Å². The van der Waals surface area contributed by atoms with Crippen molar-refractivity contribution in [1.82, 2.24) is 10.3 Å². The maximum Gasteiger partial charge on any atom is 0.261 e. The van der Waals surface area contributed by atoms with Crippen LogP contribution < -0.4 is 5.32 Å². The SMILES string of the molecule is C.O=C([C@@H]1CCCCN1)N1N=C(c2cc(F)ccc2F)SC12CCCc1sccc12. The molecule has 2 aromatic rings. The second-order valence-electron chi connectivity index (χ2n) is 7.68. The molecule has 0 saturated carbocycles. The van der Waals surface area contributed by atoms with Crippen molar-refractivity contribution in [2.45, 2.75) is 56.9 Å². The van der Waals surface area contributed by atoms with Crippen LogP contribution in [0.4, 0.5) is 8.78 Å². The lowest BCUT2D eigenvalue weighted by atomic mass is 9.92. The number of carbonyl (C=O) groups is 1. The van der Waals surface area contributed by atoms with Crippen molar-refractivity contribution in [2.75, 3.05) is 6.54 Å². The molecule has 1 unspecified atom stereocenters. The third-order valence-corrected chi connectivity index (χ3v) is 8.27. The largest absolute Gasteiger partial charge is 0.306 e. The Hall–Kier alpha value is -1.77. The quantitative estimate of drug-likeness (QED) is 0.683. The lowest BCUT2D eigenvalue weighted by molar-refractivity contribution is -0.137. The molecule has 1 aliphatic carbocycles. The fourth-order valence-corrected chi connectivity index (χ4v) is 6.97. The van der Waals surface area contributed by atoms with Crippen molar-refractivity contribution in [3.63, 3.8) is 0 Å². The maximum absolute atomic E-state index is 14.5. The smallest absolute Gasteiger partial charge is 0.261 e. The normalized spacial score (nSPS) is 25.6. The number of rotatable bonds is 2. The number of fused-ring (bicyclic) bond motifs is 2. The van der Waals surface area contributed by atoms with Gasteiger partial charge in [0.1, 0.15) is 21.5 Å². The number of carbonyl (C=O) groups excluding carboxylic acids is 1. The van der Waals surface area contributed by atoms with Gasteiger partial charge in [0, 0.05) is 16.0 Å². The van der Waals surface area contributed by atoms with Gasteiger partial charge in [0.2, 0.25) is 0 Å². The number of hydrogen-bond donors (Lipinski definition) is 1. The molecular weight excluding hydrogens is 424 g/mol. The molecule has 1 aromatic heterocycles. The molecular formula is C22H25F2N3OS2. The highest BCUT2D eigenvalue weighted by atomic mass is 32.2. The van der Waals surface area contributed by atoms with Crippen LogP contribution >= 0.6 is 23.1 Å². The summed E-state index contributed by atoms with van der Waals surface area (Å²) in [6.07, 6.45) is 5.46.